The maximum absolute atomic E-state index is 13.7. The largest absolute Gasteiger partial charge is 0.497 e. The van der Waals surface area contributed by atoms with Crippen molar-refractivity contribution >= 4 is 46.3 Å². The smallest absolute Gasteiger partial charge is 0.323 e. The second-order valence-corrected chi connectivity index (χ2v) is 13.6. The first-order valence-corrected chi connectivity index (χ1v) is 16.6. The lowest BCUT2D eigenvalue weighted by Gasteiger charge is -2.30. The van der Waals surface area contributed by atoms with Gasteiger partial charge in [-0.15, -0.1) is 0 Å². The summed E-state index contributed by atoms with van der Waals surface area (Å²) in [6, 6.07) is 16.6. The molecule has 2 aliphatic carbocycles. The number of rotatable bonds is 12. The van der Waals surface area contributed by atoms with Crippen LogP contribution in [-0.2, 0) is 27.2 Å². The monoisotopic (exact) mass is 646 g/mol. The third-order valence-corrected chi connectivity index (χ3v) is 10.4. The van der Waals surface area contributed by atoms with Crippen molar-refractivity contribution < 1.29 is 28.2 Å². The Morgan fingerprint density at radius 1 is 1.11 bits per heavy atom. The van der Waals surface area contributed by atoms with Crippen LogP contribution in [0.2, 0.25) is 0 Å². The van der Waals surface area contributed by atoms with Gasteiger partial charge in [0.15, 0.2) is 0 Å². The Labute approximate surface area is 273 Å². The highest BCUT2D eigenvalue weighted by molar-refractivity contribution is 8.26. The van der Waals surface area contributed by atoms with Crippen LogP contribution in [0.5, 0.6) is 11.5 Å². The molecule has 3 aliphatic rings. The summed E-state index contributed by atoms with van der Waals surface area (Å²) in [6.45, 7) is 0.209. The SMILES string of the molecule is COc1cc(OC)cc(-c2cc(CCCOC(=O)C(N)Cc3ccccc3)c(C=C3SC(=S)N(C4CC5CCC4C5)C3=O)o2)c1. The Balaban J connectivity index is 1.19. The molecule has 2 N–H and O–H groups in total. The molecule has 2 saturated carbocycles. The molecule has 0 radical (unpaired) electrons. The van der Waals surface area contributed by atoms with Crippen LogP contribution in [0.1, 0.15) is 49.0 Å². The average Bonchev–Trinajstić information content (AvgIpc) is 3.84. The summed E-state index contributed by atoms with van der Waals surface area (Å²) in [5.74, 6) is 3.22. The third-order valence-electron chi connectivity index (χ3n) is 9.03. The summed E-state index contributed by atoms with van der Waals surface area (Å²) in [6.07, 6.45) is 7.99. The molecular formula is C35H38N2O6S2. The molecule has 1 aromatic heterocycles. The topological polar surface area (TPSA) is 104 Å². The minimum atomic E-state index is -0.733. The molecule has 4 unspecified atom stereocenters. The predicted molar refractivity (Wildman–Crippen MR) is 179 cm³/mol. The zero-order valence-corrected chi connectivity index (χ0v) is 27.2. The van der Waals surface area contributed by atoms with Gasteiger partial charge in [0.05, 0.1) is 25.7 Å². The number of thiocarbonyl (C=S) groups is 1. The van der Waals surface area contributed by atoms with Gasteiger partial charge in [0, 0.05) is 23.7 Å². The van der Waals surface area contributed by atoms with E-state index in [2.05, 4.69) is 0 Å². The molecule has 6 rings (SSSR count). The van der Waals surface area contributed by atoms with Gasteiger partial charge >= 0.3 is 5.97 Å². The van der Waals surface area contributed by atoms with Crippen LogP contribution >= 0.6 is 24.0 Å². The molecule has 2 aromatic carbocycles. The molecule has 3 aromatic rings. The molecule has 1 saturated heterocycles. The number of fused-ring (bicyclic) bond motifs is 2. The average molecular weight is 647 g/mol. The summed E-state index contributed by atoms with van der Waals surface area (Å²) in [4.78, 5) is 28.7. The number of furan rings is 1. The molecule has 4 atom stereocenters. The number of thioether (sulfide) groups is 1. The zero-order chi connectivity index (χ0) is 31.5. The van der Waals surface area contributed by atoms with Crippen LogP contribution in [0, 0.1) is 11.8 Å². The second kappa shape index (κ2) is 13.8. The maximum atomic E-state index is 13.7. The molecule has 236 valence electrons. The fourth-order valence-corrected chi connectivity index (χ4v) is 8.10. The molecular weight excluding hydrogens is 609 g/mol. The van der Waals surface area contributed by atoms with Crippen molar-refractivity contribution in [2.75, 3.05) is 20.8 Å². The van der Waals surface area contributed by atoms with Crippen molar-refractivity contribution in [2.24, 2.45) is 17.6 Å². The van der Waals surface area contributed by atoms with Gasteiger partial charge in [-0.05, 0) is 79.7 Å². The number of carbonyl (C=O) groups is 2. The lowest BCUT2D eigenvalue weighted by molar-refractivity contribution is -0.145. The van der Waals surface area contributed by atoms with Gasteiger partial charge in [0.2, 0.25) is 0 Å². The number of benzene rings is 2. The van der Waals surface area contributed by atoms with Crippen LogP contribution in [-0.4, -0.2) is 54.0 Å². The van der Waals surface area contributed by atoms with Gasteiger partial charge in [-0.25, -0.2) is 0 Å². The standard InChI is InChI=1S/C35H38N2O6S2/c1-40-26-16-25(17-27(19-26)41-2)30-18-24(9-6-12-42-34(39)28(36)14-21-7-4-3-5-8-21)31(43-30)20-32-33(38)37(35(44)45-32)29-15-22-10-11-23(29)13-22/h3-5,7-8,16-20,22-23,28-29H,6,9-15,36H2,1-2H3. The molecule has 1 aliphatic heterocycles. The van der Waals surface area contributed by atoms with E-state index < -0.39 is 12.0 Å². The number of ether oxygens (including phenoxy) is 3. The Morgan fingerprint density at radius 3 is 2.53 bits per heavy atom. The number of hydrogen-bond donors (Lipinski definition) is 1. The Kier molecular flexibility index (Phi) is 9.63. The molecule has 2 bridgehead atoms. The van der Waals surface area contributed by atoms with Crippen molar-refractivity contribution in [1.29, 1.82) is 0 Å². The van der Waals surface area contributed by atoms with Gasteiger partial charge in [0.25, 0.3) is 5.91 Å². The van der Waals surface area contributed by atoms with Crippen LogP contribution in [0.4, 0.5) is 0 Å². The fraction of sp³-hybridized carbons (Fsp3) is 0.400. The van der Waals surface area contributed by atoms with Crippen LogP contribution < -0.4 is 15.2 Å². The molecule has 1 amide bonds. The molecule has 2 heterocycles. The van der Waals surface area contributed by atoms with E-state index in [1.54, 1.807) is 20.3 Å². The third kappa shape index (κ3) is 6.98. The Bertz CT molecular complexity index is 1580. The van der Waals surface area contributed by atoms with Crippen LogP contribution in [0.3, 0.4) is 0 Å². The molecule has 8 nitrogen and oxygen atoms in total. The first kappa shape index (κ1) is 31.4. The highest BCUT2D eigenvalue weighted by atomic mass is 32.2. The van der Waals surface area contributed by atoms with Gasteiger partial charge < -0.3 is 24.4 Å². The highest BCUT2D eigenvalue weighted by Crippen LogP contribution is 2.49. The number of carbonyl (C=O) groups excluding carboxylic acids is 2. The first-order chi connectivity index (χ1) is 21.8. The Morgan fingerprint density at radius 2 is 1.87 bits per heavy atom. The lowest BCUT2D eigenvalue weighted by atomic mass is 9.94. The first-order valence-electron chi connectivity index (χ1n) is 15.4. The molecule has 10 heteroatoms. The number of aryl methyl sites for hydroxylation is 1. The lowest BCUT2D eigenvalue weighted by Crippen LogP contribution is -2.41. The van der Waals surface area contributed by atoms with Crippen molar-refractivity contribution in [2.45, 2.75) is 57.0 Å². The summed E-state index contributed by atoms with van der Waals surface area (Å²) < 4.78 is 23.5. The van der Waals surface area contributed by atoms with Crippen molar-refractivity contribution in [3.8, 4) is 22.8 Å². The quantitative estimate of drug-likeness (QED) is 0.104. The van der Waals surface area contributed by atoms with Crippen LogP contribution in [0.25, 0.3) is 17.4 Å². The van der Waals surface area contributed by atoms with E-state index in [4.69, 9.17) is 36.6 Å². The van der Waals surface area contributed by atoms with E-state index in [0.29, 0.717) is 63.3 Å². The van der Waals surface area contributed by atoms with Gasteiger partial charge in [-0.1, -0.05) is 60.7 Å². The van der Waals surface area contributed by atoms with Crippen molar-refractivity contribution in [3.05, 3.63) is 76.4 Å². The van der Waals surface area contributed by atoms with E-state index in [-0.39, 0.29) is 18.6 Å². The normalized spacial score (nSPS) is 22.3. The summed E-state index contributed by atoms with van der Waals surface area (Å²) >= 11 is 7.05. The van der Waals surface area contributed by atoms with Crippen LogP contribution in [0.15, 0.2) is 63.9 Å². The number of nitrogens with zero attached hydrogens (tertiary/aromatic N) is 1. The Hall–Kier alpha value is -3.60. The van der Waals surface area contributed by atoms with E-state index in [0.717, 1.165) is 23.1 Å². The zero-order valence-electron chi connectivity index (χ0n) is 25.5. The number of methoxy groups -OCH3 is 2. The second-order valence-electron chi connectivity index (χ2n) is 12.0. The predicted octanol–water partition coefficient (Wildman–Crippen LogP) is 6.40. The van der Waals surface area contributed by atoms with E-state index in [1.807, 2.05) is 59.5 Å². The number of esters is 1. The van der Waals surface area contributed by atoms with Gasteiger partial charge in [0.1, 0.15) is 33.4 Å². The van der Waals surface area contributed by atoms with Gasteiger partial charge in [-0.3, -0.25) is 14.5 Å². The molecule has 45 heavy (non-hydrogen) atoms. The fourth-order valence-electron chi connectivity index (χ4n) is 6.76. The minimum absolute atomic E-state index is 0.0455. The van der Waals surface area contributed by atoms with E-state index in [1.165, 1.54) is 31.0 Å². The summed E-state index contributed by atoms with van der Waals surface area (Å²) in [5, 5.41) is 0. The van der Waals surface area contributed by atoms with E-state index in [9.17, 15) is 9.59 Å². The van der Waals surface area contributed by atoms with E-state index >= 15 is 0 Å². The van der Waals surface area contributed by atoms with Crippen molar-refractivity contribution in [3.63, 3.8) is 0 Å². The number of amides is 1. The molecule has 3 fully saturated rings. The highest BCUT2D eigenvalue weighted by Gasteiger charge is 2.48. The minimum Gasteiger partial charge on any atom is -0.497 e. The summed E-state index contributed by atoms with van der Waals surface area (Å²) in [5.41, 5.74) is 8.76. The van der Waals surface area contributed by atoms with Gasteiger partial charge in [-0.2, -0.15) is 0 Å². The maximum Gasteiger partial charge on any atom is 0.323 e. The summed E-state index contributed by atoms with van der Waals surface area (Å²) in [7, 11) is 3.20. The van der Waals surface area contributed by atoms with Crippen molar-refractivity contribution in [1.82, 2.24) is 4.90 Å². The molecule has 0 spiro atoms. The number of nitrogens with two attached hydrogens (primary N) is 1. The number of hydrogen-bond acceptors (Lipinski definition) is 9.